The van der Waals surface area contributed by atoms with E-state index in [-0.39, 0.29) is 0 Å². The summed E-state index contributed by atoms with van der Waals surface area (Å²) in [4.78, 5) is 0. The molecule has 2 unspecified atom stereocenters. The fourth-order valence-corrected chi connectivity index (χ4v) is 15.1. The molecule has 4 aliphatic rings. The summed E-state index contributed by atoms with van der Waals surface area (Å²) in [6.07, 6.45) is 21.5. The van der Waals surface area contributed by atoms with E-state index >= 15 is 0 Å². The molecule has 0 bridgehead atoms. The third-order valence-electron chi connectivity index (χ3n) is 6.44. The molecule has 0 fully saturated rings. The Morgan fingerprint density at radius 2 is 1.13 bits per heavy atom. The van der Waals surface area contributed by atoms with Gasteiger partial charge in [-0.1, -0.05) is 0 Å². The Morgan fingerprint density at radius 1 is 0.739 bits per heavy atom. The number of rotatable bonds is 2. The van der Waals surface area contributed by atoms with Crippen LogP contribution >= 0.6 is 0 Å². The molecule has 0 saturated heterocycles. The zero-order chi connectivity index (χ0) is 16.4. The van der Waals surface area contributed by atoms with Crippen LogP contribution in [0.15, 0.2) is 59.8 Å². The molecule has 0 aromatic heterocycles. The molecule has 0 heterocycles. The summed E-state index contributed by atoms with van der Waals surface area (Å²) in [5, 5.41) is 0. The Hall–Kier alpha value is -0.417. The molecule has 0 amide bonds. The Balaban J connectivity index is 0.000000753. The fraction of sp³-hybridized carbons (Fsp3) is 0.545. The maximum absolute atomic E-state index is 3.00. The zero-order valence-electron chi connectivity index (χ0n) is 15.0. The van der Waals surface area contributed by atoms with Gasteiger partial charge in [0.1, 0.15) is 0 Å². The van der Waals surface area contributed by atoms with Crippen molar-refractivity contribution in [2.45, 2.75) is 67.9 Å². The van der Waals surface area contributed by atoms with Crippen LogP contribution in [0.25, 0.3) is 0 Å². The van der Waals surface area contributed by atoms with Crippen molar-refractivity contribution < 1.29 is 20.3 Å². The number of hydrogen-bond acceptors (Lipinski definition) is 0. The molecule has 0 radical (unpaired) electrons. The standard InChI is InChI=1S/2C9H11.C2H4.2CH3.Zr/c2*1-2-5-9-7-3-6-8(9)4-1;1-2;;;/h2*3,6-7H,1-2,4-5H2;1-2H2;2*1H3;. The topological polar surface area (TPSA) is 0 Å². The van der Waals surface area contributed by atoms with Gasteiger partial charge in [0.25, 0.3) is 0 Å². The van der Waals surface area contributed by atoms with Gasteiger partial charge in [-0.3, -0.25) is 0 Å². The van der Waals surface area contributed by atoms with Crippen molar-refractivity contribution in [2.24, 2.45) is 0 Å². The van der Waals surface area contributed by atoms with Crippen LogP contribution in [0.4, 0.5) is 0 Å². The first-order valence-electron chi connectivity index (χ1n) is 9.48. The summed E-state index contributed by atoms with van der Waals surface area (Å²) in [7, 11) is 0. The predicted octanol–water partition coefficient (Wildman–Crippen LogP) is 7.50. The number of allylic oxidation sites excluding steroid dienone is 8. The van der Waals surface area contributed by atoms with E-state index in [1.54, 1.807) is 11.1 Å². The van der Waals surface area contributed by atoms with E-state index in [4.69, 9.17) is 0 Å². The van der Waals surface area contributed by atoms with Crippen LogP contribution in [0, 0.1) is 0 Å². The van der Waals surface area contributed by atoms with Crippen LogP contribution in [-0.2, 0) is 20.3 Å². The van der Waals surface area contributed by atoms with Gasteiger partial charge in [-0.2, -0.15) is 0 Å². The first-order valence-corrected chi connectivity index (χ1v) is 17.2. The number of hydrogen-bond donors (Lipinski definition) is 0. The Bertz CT molecular complexity index is 535. The normalized spacial score (nSPS) is 29.3. The Kier molecular flexibility index (Phi) is 5.47. The van der Waals surface area contributed by atoms with E-state index in [2.05, 4.69) is 46.7 Å². The second-order valence-electron chi connectivity index (χ2n) is 8.01. The monoisotopic (exact) mass is 386 g/mol. The van der Waals surface area contributed by atoms with Crippen LogP contribution in [0.1, 0.15) is 51.4 Å². The van der Waals surface area contributed by atoms with Crippen molar-refractivity contribution in [3.05, 3.63) is 59.8 Å². The molecule has 0 aromatic carbocycles. The molecular weight excluding hydrogens is 355 g/mol. The van der Waals surface area contributed by atoms with E-state index in [0.29, 0.717) is 0 Å². The van der Waals surface area contributed by atoms with Gasteiger partial charge < -0.3 is 0 Å². The average Bonchev–Trinajstić information content (AvgIpc) is 3.21. The van der Waals surface area contributed by atoms with Crippen LogP contribution in [-0.4, -0.2) is 0 Å². The van der Waals surface area contributed by atoms with E-state index < -0.39 is 20.3 Å². The minimum atomic E-state index is -2.21. The van der Waals surface area contributed by atoms with Crippen molar-refractivity contribution in [2.75, 3.05) is 0 Å². The van der Waals surface area contributed by atoms with Gasteiger partial charge in [0, 0.05) is 0 Å². The molecule has 1 heteroatoms. The molecule has 0 aromatic rings. The molecule has 0 saturated carbocycles. The maximum atomic E-state index is 3.00. The Labute approximate surface area is 147 Å². The van der Waals surface area contributed by atoms with Crippen molar-refractivity contribution in [3.8, 4) is 0 Å². The summed E-state index contributed by atoms with van der Waals surface area (Å²) in [6.45, 7) is 6.00. The molecule has 0 aliphatic heterocycles. The molecule has 0 N–H and O–H groups in total. The summed E-state index contributed by atoms with van der Waals surface area (Å²) >= 11 is -2.21. The van der Waals surface area contributed by atoms with Crippen LogP contribution < -0.4 is 0 Å². The fourth-order valence-electron chi connectivity index (χ4n) is 5.24. The SMILES string of the molecule is C=C.[CH3][Zr]([CH3])([CH]1C=CC2=C1CCCC2)[CH]1C=CC2=C1CCCC2. The molecule has 4 aliphatic carbocycles. The zero-order valence-corrected chi connectivity index (χ0v) is 17.5. The van der Waals surface area contributed by atoms with Crippen molar-refractivity contribution in [3.63, 3.8) is 0 Å². The molecule has 2 atom stereocenters. The van der Waals surface area contributed by atoms with Crippen LogP contribution in [0.2, 0.25) is 16.5 Å². The van der Waals surface area contributed by atoms with Gasteiger partial charge >= 0.3 is 135 Å². The van der Waals surface area contributed by atoms with Crippen LogP contribution in [0.5, 0.6) is 0 Å². The van der Waals surface area contributed by atoms with Gasteiger partial charge in [-0.25, -0.2) is 0 Å². The van der Waals surface area contributed by atoms with Gasteiger partial charge in [0.15, 0.2) is 0 Å². The first-order chi connectivity index (χ1) is 11.2. The summed E-state index contributed by atoms with van der Waals surface area (Å²) < 4.78 is 7.23. The third-order valence-corrected chi connectivity index (χ3v) is 17.0. The second-order valence-corrected chi connectivity index (χ2v) is 20.0. The van der Waals surface area contributed by atoms with Gasteiger partial charge in [-0.05, 0) is 0 Å². The third kappa shape index (κ3) is 3.11. The van der Waals surface area contributed by atoms with E-state index in [1.807, 2.05) is 11.1 Å². The summed E-state index contributed by atoms with van der Waals surface area (Å²) in [5.74, 6) is 0. The van der Waals surface area contributed by atoms with Gasteiger partial charge in [0.05, 0.1) is 0 Å². The molecule has 0 spiro atoms. The molecule has 0 nitrogen and oxygen atoms in total. The second kappa shape index (κ2) is 7.22. The van der Waals surface area contributed by atoms with E-state index in [0.717, 1.165) is 7.25 Å². The summed E-state index contributed by atoms with van der Waals surface area (Å²) in [6, 6.07) is 0. The molecular formula is C22H32Zr. The minimum absolute atomic E-state index is 0.887. The van der Waals surface area contributed by atoms with E-state index in [1.165, 1.54) is 51.4 Å². The van der Waals surface area contributed by atoms with Crippen LogP contribution in [0.3, 0.4) is 0 Å². The molecule has 4 rings (SSSR count). The van der Waals surface area contributed by atoms with E-state index in [9.17, 15) is 0 Å². The Morgan fingerprint density at radius 3 is 1.57 bits per heavy atom. The molecule has 23 heavy (non-hydrogen) atoms. The predicted molar refractivity (Wildman–Crippen MR) is 99.8 cm³/mol. The molecule has 124 valence electrons. The van der Waals surface area contributed by atoms with Crippen molar-refractivity contribution in [1.29, 1.82) is 0 Å². The average molecular weight is 388 g/mol. The quantitative estimate of drug-likeness (QED) is 0.430. The summed E-state index contributed by atoms with van der Waals surface area (Å²) in [5.41, 5.74) is 7.22. The van der Waals surface area contributed by atoms with Crippen molar-refractivity contribution in [1.82, 2.24) is 0 Å². The van der Waals surface area contributed by atoms with Gasteiger partial charge in [-0.15, -0.1) is 13.2 Å². The van der Waals surface area contributed by atoms with Gasteiger partial charge in [0.2, 0.25) is 0 Å². The van der Waals surface area contributed by atoms with Crippen molar-refractivity contribution >= 4 is 0 Å². The first kappa shape index (κ1) is 17.4.